The number of hydrogen-bond acceptors (Lipinski definition) is 27. The van der Waals surface area contributed by atoms with Crippen molar-refractivity contribution >= 4 is 80.6 Å². The standard InChI is InChI=1S/C66H75Cl2N9O24.CH4O3S/c1-23(2)12-34(71-5)58(88)76-49-51(83)26-7-10-38(32(67)14-26)97-40-16-28-17-41(55(40)101-65-56(54(86)53(85)42(22-78)99-65)100-44-21-66(4,70)57(87)24(3)96-44)98-39-11-8-27(15-33(39)68)52(84)50-63(93)75-48(64(94)95)31-18-29(79)19-37(81)45(31)30-13-25(6-9-36(30)80)46(60(90)77-50)74-61(91)47(28)73-59(89)35(20-43(69)82)72-62(49)92;1-5(2,3)4/h6-11,13-19,23-24,34-35,42,44,46-54,56-57,65,71,78-81,83-87H,12,20-22,70H2,1-5H3,(H2,69,82)(H,72,92)(H,73,89)(H,74,91)(H,75,93)(H,76,88)(H,77,90)(H,94,95);1H3,(H,2,3,4)/t24-,34+,35-,42+,44-,46+,47+,48+,49+,50-,51+,52+,53+,54-,56+,57?,65-,66-;/m0./s1. The molecule has 0 aliphatic carbocycles. The summed E-state index contributed by atoms with van der Waals surface area (Å²) in [6, 6.07) is -0.679. The number of benzene rings is 5. The van der Waals surface area contributed by atoms with Gasteiger partial charge in [-0.05, 0) is 110 Å². The van der Waals surface area contributed by atoms with Crippen LogP contribution in [-0.2, 0) is 62.7 Å². The minimum Gasteiger partial charge on any atom is -0.508 e. The number of phenols is 3. The average Bonchev–Trinajstić information content (AvgIpc) is 0.767. The third-order valence-corrected chi connectivity index (χ3v) is 18.4. The molecular formula is C67H79Cl2N9O27S. The molecule has 7 aliphatic heterocycles. The first-order valence-corrected chi connectivity index (χ1v) is 35.1. The number of nitrogens with one attached hydrogen (secondary N) is 7. The van der Waals surface area contributed by atoms with Gasteiger partial charge in [0.25, 0.3) is 10.1 Å². The fraction of sp³-hybridized carbons (Fsp3) is 0.433. The topological polar surface area (TPSA) is 585 Å². The van der Waals surface area contributed by atoms with Gasteiger partial charge >= 0.3 is 5.97 Å². The maximum absolute atomic E-state index is 16.0. The Bertz CT molecular complexity index is 4340. The molecule has 2 saturated heterocycles. The van der Waals surface area contributed by atoms with E-state index in [-0.39, 0.29) is 46.2 Å². The van der Waals surface area contributed by atoms with Crippen molar-refractivity contribution in [1.82, 2.24) is 37.2 Å². The lowest BCUT2D eigenvalue weighted by Crippen LogP contribution is -2.64. The van der Waals surface area contributed by atoms with Crippen LogP contribution in [0.4, 0.5) is 0 Å². The monoisotopic (exact) mass is 1540 g/mol. The number of carboxylic acid groups (broad SMARTS) is 1. The number of carboxylic acids is 1. The van der Waals surface area contributed by atoms with Crippen LogP contribution in [0.25, 0.3) is 11.1 Å². The Morgan fingerprint density at radius 3 is 1.86 bits per heavy atom. The van der Waals surface area contributed by atoms with Crippen molar-refractivity contribution in [1.29, 1.82) is 0 Å². The summed E-state index contributed by atoms with van der Waals surface area (Å²) in [4.78, 5) is 117. The SMILES string of the molecule is CN[C@H](CC(C)C)C(=O)N[C@H]1C(=O)N[C@@H](CC(N)=O)C(=O)N[C@H]2C(=O)N[C@H]3C(=O)N[C@H](C(=O)N[C@@H](C(=O)O)c4cc(O)cc(O)c4-c4cc3ccc4O)[C@H](O)c3ccc(c(Cl)c3)Oc3cc2cc(c3O[C@@H]2O[C@H](CO)[C@@H](O)[C@H](O)[C@H]2O[C@H]2C[C@](C)(N)C(O)[C@H](C)O2)Oc2ccc(cc2Cl)[C@H]1O.CS(=O)(=O)O. The van der Waals surface area contributed by atoms with E-state index in [1.54, 1.807) is 0 Å². The van der Waals surface area contributed by atoms with Crippen LogP contribution < -0.4 is 62.9 Å². The van der Waals surface area contributed by atoms with Gasteiger partial charge in [-0.15, -0.1) is 0 Å². The van der Waals surface area contributed by atoms with E-state index in [1.165, 1.54) is 33.0 Å². The Kier molecular flexibility index (Phi) is 25.0. The van der Waals surface area contributed by atoms with Crippen LogP contribution in [-0.4, -0.2) is 210 Å². The number of halogens is 2. The Hall–Kier alpha value is -9.29. The Morgan fingerprint density at radius 1 is 0.726 bits per heavy atom. The highest BCUT2D eigenvalue weighted by atomic mass is 35.5. The molecule has 18 atom stereocenters. The first kappa shape index (κ1) is 80.8. The third kappa shape index (κ3) is 18.4. The van der Waals surface area contributed by atoms with Gasteiger partial charge in [0, 0.05) is 34.7 Å². The smallest absolute Gasteiger partial charge is 0.330 e. The van der Waals surface area contributed by atoms with Crippen molar-refractivity contribution in [3.8, 4) is 57.1 Å². The number of likely N-dealkylation sites (N-methyl/N-ethyl adjacent to an activating group) is 1. The van der Waals surface area contributed by atoms with E-state index in [9.17, 15) is 83.5 Å². The Labute approximate surface area is 613 Å². The van der Waals surface area contributed by atoms with Gasteiger partial charge in [-0.2, -0.15) is 8.42 Å². The molecule has 7 aliphatic rings. The number of primary amides is 1. The molecule has 1 unspecified atom stereocenters. The molecule has 7 heterocycles. The molecule has 574 valence electrons. The van der Waals surface area contributed by atoms with E-state index in [0.717, 1.165) is 66.7 Å². The molecule has 5 aromatic carbocycles. The zero-order valence-electron chi connectivity index (χ0n) is 57.0. The molecule has 7 amide bonds. The van der Waals surface area contributed by atoms with Crippen LogP contribution in [0.3, 0.4) is 0 Å². The number of ether oxygens (including phenoxy) is 6. The molecule has 36 nitrogen and oxygen atoms in total. The average molecular weight is 1550 g/mol. The fourth-order valence-electron chi connectivity index (χ4n) is 12.5. The van der Waals surface area contributed by atoms with Gasteiger partial charge in [0.1, 0.15) is 89.5 Å². The lowest BCUT2D eigenvalue weighted by Gasteiger charge is -2.47. The predicted octanol–water partition coefficient (Wildman–Crippen LogP) is -0.390. The highest BCUT2D eigenvalue weighted by Gasteiger charge is 2.51. The molecule has 0 aromatic heterocycles. The van der Waals surface area contributed by atoms with Crippen molar-refractivity contribution < 1.29 is 131 Å². The van der Waals surface area contributed by atoms with Gasteiger partial charge in [-0.1, -0.05) is 55.2 Å². The van der Waals surface area contributed by atoms with Gasteiger partial charge in [0.2, 0.25) is 53.4 Å². The van der Waals surface area contributed by atoms with Gasteiger partial charge in [0.15, 0.2) is 29.9 Å². The fourth-order valence-corrected chi connectivity index (χ4v) is 12.9. The quantitative estimate of drug-likeness (QED) is 0.0668. The lowest BCUT2D eigenvalue weighted by atomic mass is 9.86. The van der Waals surface area contributed by atoms with E-state index >= 15 is 14.4 Å². The van der Waals surface area contributed by atoms with Crippen molar-refractivity contribution in [2.24, 2.45) is 17.4 Å². The maximum Gasteiger partial charge on any atom is 0.330 e. The number of aromatic hydroxyl groups is 3. The van der Waals surface area contributed by atoms with Gasteiger partial charge < -0.3 is 128 Å². The zero-order valence-corrected chi connectivity index (χ0v) is 59.3. The van der Waals surface area contributed by atoms with Gasteiger partial charge in [-0.3, -0.25) is 38.1 Å². The molecular weight excluding hydrogens is 1470 g/mol. The molecule has 0 radical (unpaired) electrons. The highest BCUT2D eigenvalue weighted by Crippen LogP contribution is 2.50. The summed E-state index contributed by atoms with van der Waals surface area (Å²) in [5.41, 5.74) is 8.00. The molecule has 5 aromatic rings. The number of fused-ring (bicyclic) bond motifs is 15. The van der Waals surface area contributed by atoms with Crippen molar-refractivity contribution in [2.75, 3.05) is 19.9 Å². The number of amides is 7. The summed E-state index contributed by atoms with van der Waals surface area (Å²) in [7, 11) is -2.19. The normalized spacial score (nSPS) is 28.6. The third-order valence-electron chi connectivity index (χ3n) is 17.8. The number of carbonyl (C=O) groups is 8. The first-order chi connectivity index (χ1) is 49.7. The van der Waals surface area contributed by atoms with Crippen LogP contribution in [0.1, 0.15) is 105 Å². The molecule has 39 heteroatoms. The summed E-state index contributed by atoms with van der Waals surface area (Å²) >= 11 is 14.1. The Morgan fingerprint density at radius 2 is 1.30 bits per heavy atom. The first-order valence-electron chi connectivity index (χ1n) is 32.5. The second-order valence-electron chi connectivity index (χ2n) is 26.4. The number of hydrogen-bond donors (Lipinski definition) is 20. The summed E-state index contributed by atoms with van der Waals surface area (Å²) in [6.45, 7) is 5.66. The van der Waals surface area contributed by atoms with Crippen LogP contribution in [0.2, 0.25) is 10.0 Å². The molecule has 106 heavy (non-hydrogen) atoms. The lowest BCUT2D eigenvalue weighted by molar-refractivity contribution is -0.333. The van der Waals surface area contributed by atoms with E-state index in [1.807, 2.05) is 13.8 Å². The number of rotatable bonds is 13. The molecule has 2 fully saturated rings. The van der Waals surface area contributed by atoms with E-state index in [0.29, 0.717) is 6.26 Å². The number of aliphatic carboxylic acids is 1. The summed E-state index contributed by atoms with van der Waals surface area (Å²) in [5.74, 6) is -16.0. The summed E-state index contributed by atoms with van der Waals surface area (Å²) in [5, 5.41) is 131. The van der Waals surface area contributed by atoms with E-state index in [4.69, 9.17) is 67.6 Å². The largest absolute Gasteiger partial charge is 0.508 e. The maximum atomic E-state index is 16.0. The number of nitrogens with two attached hydrogens (primary N) is 2. The van der Waals surface area contributed by atoms with Gasteiger partial charge in [0.05, 0.1) is 47.6 Å². The predicted molar refractivity (Wildman–Crippen MR) is 367 cm³/mol. The molecule has 0 saturated carbocycles. The second-order valence-corrected chi connectivity index (χ2v) is 28.7. The van der Waals surface area contributed by atoms with Crippen molar-refractivity contribution in [3.63, 3.8) is 0 Å². The summed E-state index contributed by atoms with van der Waals surface area (Å²) < 4.78 is 64.2. The van der Waals surface area contributed by atoms with Crippen molar-refractivity contribution in [3.05, 3.63) is 117 Å². The highest BCUT2D eigenvalue weighted by molar-refractivity contribution is 7.85. The van der Waals surface area contributed by atoms with Gasteiger partial charge in [-0.25, -0.2) is 4.79 Å². The number of carbonyl (C=O) groups excluding carboxylic acids is 7. The van der Waals surface area contributed by atoms with Crippen LogP contribution in [0.5, 0.6) is 46.0 Å². The number of phenolic OH excluding ortho intramolecular Hbond substituents is 3. The minimum absolute atomic E-state index is 0.0975. The van der Waals surface area contributed by atoms with Crippen LogP contribution >= 0.6 is 23.2 Å². The van der Waals surface area contributed by atoms with Crippen molar-refractivity contribution in [2.45, 2.75) is 156 Å². The molecule has 0 spiro atoms. The Balaban J connectivity index is 0.00000251. The number of aliphatic hydroxyl groups excluding tert-OH is 6. The second kappa shape index (κ2) is 32.8. The van der Waals surface area contributed by atoms with E-state index < -0.39 is 247 Å². The van der Waals surface area contributed by atoms with Crippen LogP contribution in [0, 0.1) is 5.92 Å². The molecule has 22 N–H and O–H groups in total. The molecule has 12 rings (SSSR count). The molecule has 11 bridgehead atoms. The zero-order chi connectivity index (χ0) is 78.0. The number of aliphatic hydroxyl groups is 6. The minimum atomic E-state index is -3.67. The van der Waals surface area contributed by atoms with E-state index in [2.05, 4.69) is 37.2 Å². The summed E-state index contributed by atoms with van der Waals surface area (Å²) in [6.07, 6.45) is -17.8. The van der Waals surface area contributed by atoms with Crippen LogP contribution in [0.15, 0.2) is 78.9 Å².